The summed E-state index contributed by atoms with van der Waals surface area (Å²) in [5.74, 6) is 0.417. The first-order valence-corrected chi connectivity index (χ1v) is 7.91. The molecule has 5 nitrogen and oxygen atoms in total. The van der Waals surface area contributed by atoms with Crippen molar-refractivity contribution in [3.05, 3.63) is 23.8 Å². The zero-order valence-electron chi connectivity index (χ0n) is 11.5. The molecule has 4 N–H and O–H groups in total. The highest BCUT2D eigenvalue weighted by Gasteiger charge is 2.10. The van der Waals surface area contributed by atoms with Gasteiger partial charge in [-0.3, -0.25) is 9.00 Å². The first-order chi connectivity index (χ1) is 8.93. The zero-order valence-corrected chi connectivity index (χ0v) is 12.3. The van der Waals surface area contributed by atoms with E-state index in [-0.39, 0.29) is 11.9 Å². The number of nitrogens with two attached hydrogens (primary N) is 1. The van der Waals surface area contributed by atoms with Crippen LogP contribution in [0, 0.1) is 0 Å². The van der Waals surface area contributed by atoms with Gasteiger partial charge in [-0.15, -0.1) is 0 Å². The molecule has 1 aromatic rings. The molecule has 0 aromatic heterocycles. The average molecular weight is 283 g/mol. The Kier molecular flexibility index (Phi) is 5.82. The van der Waals surface area contributed by atoms with Gasteiger partial charge in [0.05, 0.1) is 11.4 Å². The van der Waals surface area contributed by atoms with Crippen molar-refractivity contribution in [3.63, 3.8) is 0 Å². The summed E-state index contributed by atoms with van der Waals surface area (Å²) in [7, 11) is -0.858. The fraction of sp³-hybridized carbons (Fsp3) is 0.462. The maximum absolute atomic E-state index is 11.6. The summed E-state index contributed by atoms with van der Waals surface area (Å²) in [6, 6.07) is 5.19. The van der Waals surface area contributed by atoms with Gasteiger partial charge < -0.3 is 16.4 Å². The van der Waals surface area contributed by atoms with Crippen LogP contribution >= 0.6 is 0 Å². The number of carbonyl (C=O) groups excluding carboxylic acids is 1. The highest BCUT2D eigenvalue weighted by Crippen LogP contribution is 2.20. The predicted octanol–water partition coefficient (Wildman–Crippen LogP) is 1.20. The van der Waals surface area contributed by atoms with Crippen LogP contribution in [0.3, 0.4) is 0 Å². The summed E-state index contributed by atoms with van der Waals surface area (Å²) in [6.45, 7) is 4.39. The lowest BCUT2D eigenvalue weighted by atomic mass is 10.1. The van der Waals surface area contributed by atoms with Gasteiger partial charge >= 0.3 is 0 Å². The summed E-state index contributed by atoms with van der Waals surface area (Å²) < 4.78 is 11.1. The molecule has 0 saturated heterocycles. The molecule has 0 aliphatic carbocycles. The van der Waals surface area contributed by atoms with E-state index in [4.69, 9.17) is 5.73 Å². The Morgan fingerprint density at radius 1 is 1.47 bits per heavy atom. The van der Waals surface area contributed by atoms with Crippen molar-refractivity contribution in [2.45, 2.75) is 19.9 Å². The van der Waals surface area contributed by atoms with Crippen molar-refractivity contribution < 1.29 is 9.00 Å². The standard InChI is InChI=1S/C13H21N3O2S/c1-4-15-13(17)10-5-6-12(11(14)7-10)16-9(2)8-19(3)18/h5-7,9,16H,4,8,14H2,1-3H3,(H,15,17). The molecule has 2 atom stereocenters. The molecule has 0 radical (unpaired) electrons. The monoisotopic (exact) mass is 283 g/mol. The fourth-order valence-corrected chi connectivity index (χ4v) is 2.54. The quantitative estimate of drug-likeness (QED) is 0.685. The van der Waals surface area contributed by atoms with Gasteiger partial charge in [0.25, 0.3) is 5.91 Å². The van der Waals surface area contributed by atoms with Crippen molar-refractivity contribution in [2.24, 2.45) is 0 Å². The third-order valence-corrected chi connectivity index (χ3v) is 3.51. The molecule has 106 valence electrons. The van der Waals surface area contributed by atoms with Crippen LogP contribution in [0.2, 0.25) is 0 Å². The maximum Gasteiger partial charge on any atom is 0.251 e. The minimum atomic E-state index is -0.858. The van der Waals surface area contributed by atoms with E-state index >= 15 is 0 Å². The van der Waals surface area contributed by atoms with E-state index in [0.717, 1.165) is 5.69 Å². The Morgan fingerprint density at radius 3 is 2.68 bits per heavy atom. The van der Waals surface area contributed by atoms with E-state index in [1.165, 1.54) is 0 Å². The summed E-state index contributed by atoms with van der Waals surface area (Å²) in [4.78, 5) is 11.6. The van der Waals surface area contributed by atoms with Gasteiger partial charge in [-0.2, -0.15) is 0 Å². The Hall–Kier alpha value is -1.56. The summed E-state index contributed by atoms with van der Waals surface area (Å²) in [5, 5.41) is 5.91. The van der Waals surface area contributed by atoms with E-state index in [2.05, 4.69) is 10.6 Å². The van der Waals surface area contributed by atoms with E-state index in [0.29, 0.717) is 23.5 Å². The number of amides is 1. The van der Waals surface area contributed by atoms with Gasteiger partial charge in [0.15, 0.2) is 0 Å². The van der Waals surface area contributed by atoms with Gasteiger partial charge in [0.2, 0.25) is 0 Å². The Labute approximate surface area is 116 Å². The number of rotatable bonds is 6. The molecule has 1 aromatic carbocycles. The maximum atomic E-state index is 11.6. The van der Waals surface area contributed by atoms with Crippen LogP contribution in [0.15, 0.2) is 18.2 Å². The Morgan fingerprint density at radius 2 is 2.16 bits per heavy atom. The van der Waals surface area contributed by atoms with Crippen molar-refractivity contribution in [3.8, 4) is 0 Å². The van der Waals surface area contributed by atoms with Crippen LogP contribution in [-0.2, 0) is 10.8 Å². The highest BCUT2D eigenvalue weighted by molar-refractivity contribution is 7.84. The van der Waals surface area contributed by atoms with Crippen molar-refractivity contribution in [1.82, 2.24) is 5.32 Å². The Bertz CT molecular complexity index is 477. The second-order valence-electron chi connectivity index (χ2n) is 4.45. The number of carbonyl (C=O) groups is 1. The van der Waals surface area contributed by atoms with Gasteiger partial charge in [0, 0.05) is 41.0 Å². The topological polar surface area (TPSA) is 84.2 Å². The largest absolute Gasteiger partial charge is 0.397 e. The van der Waals surface area contributed by atoms with E-state index < -0.39 is 10.8 Å². The molecule has 0 aliphatic rings. The SMILES string of the molecule is CCNC(=O)c1ccc(NC(C)CS(C)=O)c(N)c1. The van der Waals surface area contributed by atoms with Crippen LogP contribution in [0.4, 0.5) is 11.4 Å². The molecule has 19 heavy (non-hydrogen) atoms. The lowest BCUT2D eigenvalue weighted by Gasteiger charge is -2.16. The fourth-order valence-electron chi connectivity index (χ4n) is 1.76. The molecule has 2 unspecified atom stereocenters. The summed E-state index contributed by atoms with van der Waals surface area (Å²) in [6.07, 6.45) is 1.67. The average Bonchev–Trinajstić information content (AvgIpc) is 2.31. The van der Waals surface area contributed by atoms with Gasteiger partial charge in [-0.25, -0.2) is 0 Å². The molecular weight excluding hydrogens is 262 g/mol. The van der Waals surface area contributed by atoms with Crippen molar-refractivity contribution in [2.75, 3.05) is 29.6 Å². The number of hydrogen-bond donors (Lipinski definition) is 3. The van der Waals surface area contributed by atoms with Crippen LogP contribution in [0.5, 0.6) is 0 Å². The van der Waals surface area contributed by atoms with E-state index in [9.17, 15) is 9.00 Å². The minimum absolute atomic E-state index is 0.0588. The van der Waals surface area contributed by atoms with Crippen LogP contribution < -0.4 is 16.4 Å². The number of benzene rings is 1. The molecule has 6 heteroatoms. The normalized spacial score (nSPS) is 13.6. The third kappa shape index (κ3) is 4.90. The molecule has 0 aliphatic heterocycles. The number of hydrogen-bond acceptors (Lipinski definition) is 4. The van der Waals surface area contributed by atoms with Gasteiger partial charge in [0.1, 0.15) is 0 Å². The van der Waals surface area contributed by atoms with Crippen LogP contribution in [0.1, 0.15) is 24.2 Å². The number of nitrogen functional groups attached to an aromatic ring is 1. The molecule has 1 amide bonds. The minimum Gasteiger partial charge on any atom is -0.397 e. The van der Waals surface area contributed by atoms with Crippen LogP contribution in [-0.4, -0.2) is 34.7 Å². The van der Waals surface area contributed by atoms with Crippen molar-refractivity contribution >= 4 is 28.1 Å². The Balaban J connectivity index is 2.77. The first kappa shape index (κ1) is 15.5. The molecule has 0 fully saturated rings. The summed E-state index contributed by atoms with van der Waals surface area (Å²) >= 11 is 0. The molecular formula is C13H21N3O2S. The lowest BCUT2D eigenvalue weighted by molar-refractivity contribution is 0.0956. The predicted molar refractivity (Wildman–Crippen MR) is 80.9 cm³/mol. The molecule has 0 bridgehead atoms. The smallest absolute Gasteiger partial charge is 0.251 e. The van der Waals surface area contributed by atoms with Gasteiger partial charge in [-0.05, 0) is 32.0 Å². The number of nitrogens with one attached hydrogen (secondary N) is 2. The number of anilines is 2. The third-order valence-electron chi connectivity index (χ3n) is 2.54. The second kappa shape index (κ2) is 7.13. The van der Waals surface area contributed by atoms with Crippen LogP contribution in [0.25, 0.3) is 0 Å². The lowest BCUT2D eigenvalue weighted by Crippen LogP contribution is -2.24. The molecule has 1 rings (SSSR count). The van der Waals surface area contributed by atoms with E-state index in [1.54, 1.807) is 24.5 Å². The second-order valence-corrected chi connectivity index (χ2v) is 5.93. The van der Waals surface area contributed by atoms with E-state index in [1.807, 2.05) is 13.8 Å². The summed E-state index contributed by atoms with van der Waals surface area (Å²) in [5.41, 5.74) is 7.72. The zero-order chi connectivity index (χ0) is 14.4. The van der Waals surface area contributed by atoms with Crippen molar-refractivity contribution in [1.29, 1.82) is 0 Å². The highest BCUT2D eigenvalue weighted by atomic mass is 32.2. The molecule has 0 heterocycles. The molecule has 0 saturated carbocycles. The molecule has 0 spiro atoms. The first-order valence-electron chi connectivity index (χ1n) is 6.18. The van der Waals surface area contributed by atoms with Gasteiger partial charge in [-0.1, -0.05) is 0 Å².